The number of benzene rings is 1. The van der Waals surface area contributed by atoms with Crippen molar-refractivity contribution in [2.45, 2.75) is 18.8 Å². The summed E-state index contributed by atoms with van der Waals surface area (Å²) in [6, 6.07) is 7.76. The normalized spacial score (nSPS) is 19.9. The van der Waals surface area contributed by atoms with E-state index >= 15 is 0 Å². The molecule has 16 heavy (non-hydrogen) atoms. The third-order valence-corrected chi connectivity index (χ3v) is 3.98. The van der Waals surface area contributed by atoms with Crippen molar-refractivity contribution >= 4 is 19.7 Å². The molecule has 0 aliphatic carbocycles. The first-order valence-electron chi connectivity index (χ1n) is 5.20. The van der Waals surface area contributed by atoms with Crippen LogP contribution in [0.25, 0.3) is 0 Å². The zero-order valence-corrected chi connectivity index (χ0v) is 10.3. The maximum atomic E-state index is 10.9. The lowest BCUT2D eigenvalue weighted by Gasteiger charge is -2.25. The monoisotopic (exact) mass is 260 g/mol. The molecule has 3 nitrogen and oxygen atoms in total. The predicted octanol–water partition coefficient (Wildman–Crippen LogP) is 2.51. The van der Waals surface area contributed by atoms with E-state index in [2.05, 4.69) is 0 Å². The molecule has 1 atom stereocenters. The van der Waals surface area contributed by atoms with Gasteiger partial charge in [-0.25, -0.2) is 8.42 Å². The fourth-order valence-electron chi connectivity index (χ4n) is 2.00. The average Bonchev–Trinajstić information content (AvgIpc) is 2.25. The minimum Gasteiger partial charge on any atom is -0.493 e. The molecule has 0 saturated carbocycles. The fraction of sp³-hybridized carbons (Fsp3) is 0.455. The maximum Gasteiger partial charge on any atom is 0.232 e. The summed E-state index contributed by atoms with van der Waals surface area (Å²) in [6.45, 7) is 0.643. The minimum atomic E-state index is -3.39. The average molecular weight is 261 g/mol. The van der Waals surface area contributed by atoms with Crippen molar-refractivity contribution in [2.24, 2.45) is 0 Å². The molecule has 1 unspecified atom stereocenters. The van der Waals surface area contributed by atoms with E-state index in [0.717, 1.165) is 17.7 Å². The lowest BCUT2D eigenvalue weighted by Crippen LogP contribution is -2.16. The van der Waals surface area contributed by atoms with E-state index in [9.17, 15) is 8.42 Å². The van der Waals surface area contributed by atoms with Crippen molar-refractivity contribution in [1.82, 2.24) is 0 Å². The number of halogens is 1. The highest BCUT2D eigenvalue weighted by Crippen LogP contribution is 2.35. The van der Waals surface area contributed by atoms with Crippen LogP contribution in [0.3, 0.4) is 0 Å². The second-order valence-electron chi connectivity index (χ2n) is 3.90. The highest BCUT2D eigenvalue weighted by molar-refractivity contribution is 8.13. The summed E-state index contributed by atoms with van der Waals surface area (Å²) in [5.41, 5.74) is 1.09. The van der Waals surface area contributed by atoms with Gasteiger partial charge < -0.3 is 4.74 Å². The first-order valence-corrected chi connectivity index (χ1v) is 7.68. The minimum absolute atomic E-state index is 0.0214. The predicted molar refractivity (Wildman–Crippen MR) is 63.6 cm³/mol. The van der Waals surface area contributed by atoms with Crippen LogP contribution in [0, 0.1) is 0 Å². The molecule has 1 aromatic rings. The summed E-state index contributed by atoms with van der Waals surface area (Å²) >= 11 is 0. The Balaban J connectivity index is 2.13. The Labute approximate surface area is 99.8 Å². The van der Waals surface area contributed by atoms with Crippen LogP contribution in [0.4, 0.5) is 0 Å². The Morgan fingerprint density at radius 3 is 2.88 bits per heavy atom. The van der Waals surface area contributed by atoms with Gasteiger partial charge in [0, 0.05) is 10.7 Å². The van der Waals surface area contributed by atoms with Crippen molar-refractivity contribution in [3.05, 3.63) is 29.8 Å². The second-order valence-corrected chi connectivity index (χ2v) is 6.80. The van der Waals surface area contributed by atoms with Gasteiger partial charge in [0.2, 0.25) is 9.05 Å². The van der Waals surface area contributed by atoms with Crippen molar-refractivity contribution in [3.63, 3.8) is 0 Å². The molecule has 5 heteroatoms. The first kappa shape index (κ1) is 11.7. The molecular formula is C11H13ClO3S. The van der Waals surface area contributed by atoms with E-state index in [0.29, 0.717) is 13.0 Å². The number of fused-ring (bicyclic) bond motifs is 1. The summed E-state index contributed by atoms with van der Waals surface area (Å²) in [4.78, 5) is 0. The standard InChI is InChI=1S/C11H13ClO3S/c12-16(13,14)8-6-9-5-7-15-11-4-2-1-3-10(9)11/h1-4,9H,5-8H2. The van der Waals surface area contributed by atoms with E-state index in [1.54, 1.807) is 0 Å². The molecule has 1 aliphatic heterocycles. The van der Waals surface area contributed by atoms with Gasteiger partial charge in [-0.3, -0.25) is 0 Å². The largest absolute Gasteiger partial charge is 0.493 e. The number of hydrogen-bond acceptors (Lipinski definition) is 3. The van der Waals surface area contributed by atoms with E-state index in [-0.39, 0.29) is 11.7 Å². The lowest BCUT2D eigenvalue weighted by molar-refractivity contribution is 0.265. The smallest absolute Gasteiger partial charge is 0.232 e. The Kier molecular flexibility index (Phi) is 3.40. The molecule has 0 radical (unpaired) electrons. The number of rotatable bonds is 3. The van der Waals surface area contributed by atoms with Gasteiger partial charge in [-0.2, -0.15) is 0 Å². The number of para-hydroxylation sites is 1. The van der Waals surface area contributed by atoms with Gasteiger partial charge in [0.25, 0.3) is 0 Å². The molecule has 0 aromatic heterocycles. The van der Waals surface area contributed by atoms with Gasteiger partial charge in [-0.05, 0) is 30.4 Å². The Bertz CT molecular complexity index is 470. The Hall–Kier alpha value is -0.740. The van der Waals surface area contributed by atoms with Gasteiger partial charge in [0.1, 0.15) is 5.75 Å². The zero-order valence-electron chi connectivity index (χ0n) is 8.73. The van der Waals surface area contributed by atoms with Gasteiger partial charge in [-0.15, -0.1) is 0 Å². The molecule has 0 amide bonds. The van der Waals surface area contributed by atoms with Crippen LogP contribution in [0.1, 0.15) is 24.3 Å². The van der Waals surface area contributed by atoms with Crippen LogP contribution in [0.2, 0.25) is 0 Å². The van der Waals surface area contributed by atoms with Crippen LogP contribution < -0.4 is 4.74 Å². The van der Waals surface area contributed by atoms with E-state index in [4.69, 9.17) is 15.4 Å². The highest BCUT2D eigenvalue weighted by atomic mass is 35.7. The van der Waals surface area contributed by atoms with Crippen LogP contribution in [0.5, 0.6) is 5.75 Å². The highest BCUT2D eigenvalue weighted by Gasteiger charge is 2.22. The molecular weight excluding hydrogens is 248 g/mol. The van der Waals surface area contributed by atoms with Crippen molar-refractivity contribution < 1.29 is 13.2 Å². The van der Waals surface area contributed by atoms with Crippen molar-refractivity contribution in [1.29, 1.82) is 0 Å². The number of ether oxygens (including phenoxy) is 1. The Morgan fingerprint density at radius 2 is 2.12 bits per heavy atom. The van der Waals surface area contributed by atoms with Gasteiger partial charge in [0.15, 0.2) is 0 Å². The van der Waals surface area contributed by atoms with Crippen molar-refractivity contribution in [3.8, 4) is 5.75 Å². The molecule has 2 rings (SSSR count). The van der Waals surface area contributed by atoms with Gasteiger partial charge in [0.05, 0.1) is 12.4 Å². The third kappa shape index (κ3) is 2.89. The van der Waals surface area contributed by atoms with E-state index in [1.165, 1.54) is 0 Å². The molecule has 0 fully saturated rings. The summed E-state index contributed by atoms with van der Waals surface area (Å²) in [5.74, 6) is 1.12. The molecule has 88 valence electrons. The molecule has 0 N–H and O–H groups in total. The molecule has 0 bridgehead atoms. The van der Waals surface area contributed by atoms with E-state index in [1.807, 2.05) is 24.3 Å². The maximum absolute atomic E-state index is 10.9. The van der Waals surface area contributed by atoms with Crippen LogP contribution in [0.15, 0.2) is 24.3 Å². The molecule has 0 spiro atoms. The summed E-state index contributed by atoms with van der Waals surface area (Å²) in [6.07, 6.45) is 1.41. The quantitative estimate of drug-likeness (QED) is 0.785. The van der Waals surface area contributed by atoms with E-state index < -0.39 is 9.05 Å². The van der Waals surface area contributed by atoms with Crippen LogP contribution >= 0.6 is 10.7 Å². The molecule has 1 heterocycles. The topological polar surface area (TPSA) is 43.4 Å². The lowest BCUT2D eigenvalue weighted by atomic mass is 9.91. The summed E-state index contributed by atoms with van der Waals surface area (Å²) in [7, 11) is 1.83. The van der Waals surface area contributed by atoms with Gasteiger partial charge in [-0.1, -0.05) is 18.2 Å². The summed E-state index contributed by atoms with van der Waals surface area (Å²) in [5, 5.41) is 0. The molecule has 1 aromatic carbocycles. The van der Waals surface area contributed by atoms with Crippen molar-refractivity contribution in [2.75, 3.05) is 12.4 Å². The van der Waals surface area contributed by atoms with Crippen LogP contribution in [-0.4, -0.2) is 20.8 Å². The van der Waals surface area contributed by atoms with Crippen LogP contribution in [-0.2, 0) is 9.05 Å². The number of hydrogen-bond donors (Lipinski definition) is 0. The zero-order chi connectivity index (χ0) is 11.6. The molecule has 1 aliphatic rings. The first-order chi connectivity index (χ1) is 7.56. The Morgan fingerprint density at radius 1 is 1.38 bits per heavy atom. The summed E-state index contributed by atoms with van der Waals surface area (Å²) < 4.78 is 27.3. The van der Waals surface area contributed by atoms with Gasteiger partial charge >= 0.3 is 0 Å². The second kappa shape index (κ2) is 4.63. The SMILES string of the molecule is O=S(=O)(Cl)CCC1CCOc2ccccc21. The fourth-order valence-corrected chi connectivity index (χ4v) is 2.83. The third-order valence-electron chi connectivity index (χ3n) is 2.79. The molecule has 0 saturated heterocycles.